The molecule has 0 saturated heterocycles. The molecule has 0 amide bonds. The smallest absolute Gasteiger partial charge is 0.0629 e. The van der Waals surface area contributed by atoms with Gasteiger partial charge in [0.25, 0.3) is 0 Å². The van der Waals surface area contributed by atoms with Crippen molar-refractivity contribution in [1.82, 2.24) is 0 Å². The third kappa shape index (κ3) is 1.80. The molecule has 4 aliphatic carbocycles. The predicted octanol–water partition coefficient (Wildman–Crippen LogP) is 4.52. The average molecular weight is 232 g/mol. The van der Waals surface area contributed by atoms with Gasteiger partial charge in [0.05, 0.1) is 0 Å². The largest absolute Gasteiger partial charge is 0.128 e. The maximum atomic E-state index is 2.56. The van der Waals surface area contributed by atoms with Crippen LogP contribution in [-0.4, -0.2) is 7.28 Å². The monoisotopic (exact) mass is 232 g/mol. The Kier molecular flexibility index (Phi) is 2.87. The zero-order chi connectivity index (χ0) is 12.2. The van der Waals surface area contributed by atoms with Crippen LogP contribution in [0.4, 0.5) is 0 Å². The van der Waals surface area contributed by atoms with E-state index in [9.17, 15) is 0 Å². The first-order valence-electron chi connectivity index (χ1n) is 8.00. The Bertz CT molecular complexity index is 296. The molecule has 6 atom stereocenters. The molecule has 2 bridgehead atoms. The van der Waals surface area contributed by atoms with E-state index in [2.05, 4.69) is 27.7 Å². The second-order valence-electron chi connectivity index (χ2n) is 8.12. The van der Waals surface area contributed by atoms with Crippen molar-refractivity contribution in [3.05, 3.63) is 0 Å². The summed E-state index contributed by atoms with van der Waals surface area (Å²) in [6.07, 6.45) is 7.64. The summed E-state index contributed by atoms with van der Waals surface area (Å²) in [7, 11) is 1.56. The van der Waals surface area contributed by atoms with Crippen LogP contribution in [0, 0.1) is 29.1 Å². The van der Waals surface area contributed by atoms with Gasteiger partial charge in [0.2, 0.25) is 0 Å². The van der Waals surface area contributed by atoms with E-state index in [4.69, 9.17) is 0 Å². The highest BCUT2D eigenvalue weighted by Crippen LogP contribution is 2.65. The van der Waals surface area contributed by atoms with Gasteiger partial charge in [0.1, 0.15) is 7.28 Å². The Labute approximate surface area is 108 Å². The minimum atomic E-state index is 0.678. The van der Waals surface area contributed by atoms with Crippen LogP contribution in [0.5, 0.6) is 0 Å². The fraction of sp³-hybridized carbons (Fsp3) is 1.00. The van der Waals surface area contributed by atoms with E-state index in [0.29, 0.717) is 5.41 Å². The van der Waals surface area contributed by atoms with Crippen LogP contribution >= 0.6 is 0 Å². The van der Waals surface area contributed by atoms with Crippen molar-refractivity contribution in [3.8, 4) is 0 Å². The van der Waals surface area contributed by atoms with Gasteiger partial charge in [-0.1, -0.05) is 65.0 Å². The van der Waals surface area contributed by atoms with E-state index in [0.717, 1.165) is 35.3 Å². The Balaban J connectivity index is 1.63. The summed E-state index contributed by atoms with van der Waals surface area (Å²) in [5.74, 6) is 6.27. The lowest BCUT2D eigenvalue weighted by Crippen LogP contribution is -2.54. The number of hydrogen-bond donors (Lipinski definition) is 0. The van der Waals surface area contributed by atoms with Crippen LogP contribution in [0.15, 0.2) is 0 Å². The summed E-state index contributed by atoms with van der Waals surface area (Å²) in [4.78, 5) is 0. The molecule has 0 heterocycles. The van der Waals surface area contributed by atoms with E-state index in [1.165, 1.54) is 19.3 Å². The second kappa shape index (κ2) is 4.03. The third-order valence-electron chi connectivity index (χ3n) is 7.16. The zero-order valence-electron chi connectivity index (χ0n) is 12.2. The first-order chi connectivity index (χ1) is 8.00. The maximum absolute atomic E-state index is 2.56. The Morgan fingerprint density at radius 3 is 2.29 bits per heavy atom. The van der Waals surface area contributed by atoms with Crippen LogP contribution in [-0.2, 0) is 0 Å². The summed E-state index contributed by atoms with van der Waals surface area (Å²) in [5, 5.41) is 0. The molecule has 0 spiro atoms. The van der Waals surface area contributed by atoms with E-state index in [1.807, 2.05) is 0 Å². The molecule has 4 aliphatic rings. The third-order valence-corrected chi connectivity index (χ3v) is 7.16. The number of rotatable bonds is 2. The van der Waals surface area contributed by atoms with Gasteiger partial charge in [-0.2, -0.15) is 0 Å². The molecule has 1 heteroatoms. The molecule has 0 nitrogen and oxygen atoms in total. The van der Waals surface area contributed by atoms with Crippen molar-refractivity contribution >= 4 is 7.28 Å². The second-order valence-corrected chi connectivity index (χ2v) is 8.12. The van der Waals surface area contributed by atoms with Crippen LogP contribution < -0.4 is 0 Å². The highest BCUT2D eigenvalue weighted by atomic mass is 14.6. The lowest BCUT2D eigenvalue weighted by molar-refractivity contribution is -0.0987. The molecule has 0 aromatic carbocycles. The van der Waals surface area contributed by atoms with Crippen LogP contribution in [0.3, 0.4) is 0 Å². The summed E-state index contributed by atoms with van der Waals surface area (Å²) in [6, 6.07) is 0. The Hall–Kier alpha value is 0.0649. The summed E-state index contributed by atoms with van der Waals surface area (Å²) in [6.45, 7) is 10.1. The van der Waals surface area contributed by atoms with Crippen LogP contribution in [0.1, 0.15) is 59.8 Å². The zero-order valence-corrected chi connectivity index (χ0v) is 12.2. The van der Waals surface area contributed by atoms with Crippen molar-refractivity contribution in [2.45, 2.75) is 71.4 Å². The van der Waals surface area contributed by atoms with Gasteiger partial charge in [-0.25, -0.2) is 0 Å². The van der Waals surface area contributed by atoms with Gasteiger partial charge in [-0.15, -0.1) is 0 Å². The minimum absolute atomic E-state index is 0.678. The molecule has 17 heavy (non-hydrogen) atoms. The molecular weight excluding hydrogens is 203 g/mol. The van der Waals surface area contributed by atoms with E-state index in [1.54, 1.807) is 20.1 Å². The van der Waals surface area contributed by atoms with Gasteiger partial charge in [0.15, 0.2) is 0 Å². The predicted molar refractivity (Wildman–Crippen MR) is 76.8 cm³/mol. The molecule has 0 N–H and O–H groups in total. The highest BCUT2D eigenvalue weighted by molar-refractivity contribution is 6.40. The van der Waals surface area contributed by atoms with Gasteiger partial charge in [-0.3, -0.25) is 0 Å². The lowest BCUT2D eigenvalue weighted by Gasteiger charge is -2.62. The summed E-state index contributed by atoms with van der Waals surface area (Å²) in [5.41, 5.74) is 0.678. The van der Waals surface area contributed by atoms with Crippen molar-refractivity contribution in [3.63, 3.8) is 0 Å². The molecule has 0 aromatic heterocycles. The summed E-state index contributed by atoms with van der Waals surface area (Å²) >= 11 is 0. The molecule has 0 aliphatic heterocycles. The summed E-state index contributed by atoms with van der Waals surface area (Å²) < 4.78 is 0. The number of hydrogen-bond acceptors (Lipinski definition) is 0. The standard InChI is InChI=1S/C16H29B/c1-10-6-5-7-14(10)17-15-9-12-8-13(11(15)2)16(12,3)4/h10-15,17H,5-9H2,1-4H3/t10?,11-,12-,13+,14?,15?/m1/s1. The van der Waals surface area contributed by atoms with Crippen molar-refractivity contribution < 1.29 is 0 Å². The first-order valence-corrected chi connectivity index (χ1v) is 8.00. The molecule has 3 unspecified atom stereocenters. The van der Waals surface area contributed by atoms with Gasteiger partial charge in [0, 0.05) is 0 Å². The van der Waals surface area contributed by atoms with Crippen LogP contribution in [0.25, 0.3) is 0 Å². The fourth-order valence-corrected chi connectivity index (χ4v) is 5.53. The van der Waals surface area contributed by atoms with E-state index < -0.39 is 0 Å². The molecule has 0 aromatic rings. The topological polar surface area (TPSA) is 0 Å². The van der Waals surface area contributed by atoms with E-state index >= 15 is 0 Å². The fourth-order valence-electron chi connectivity index (χ4n) is 5.53. The van der Waals surface area contributed by atoms with Crippen molar-refractivity contribution in [2.24, 2.45) is 29.1 Å². The number of fused-ring (bicyclic) bond motifs is 2. The van der Waals surface area contributed by atoms with Crippen molar-refractivity contribution in [2.75, 3.05) is 0 Å². The lowest BCUT2D eigenvalue weighted by atomic mass is 9.35. The van der Waals surface area contributed by atoms with Crippen molar-refractivity contribution in [1.29, 1.82) is 0 Å². The van der Waals surface area contributed by atoms with Gasteiger partial charge < -0.3 is 0 Å². The molecular formula is C16H29B. The quantitative estimate of drug-likeness (QED) is 0.614. The molecule has 4 fully saturated rings. The molecule has 4 rings (SSSR count). The van der Waals surface area contributed by atoms with Crippen LogP contribution in [0.2, 0.25) is 11.6 Å². The maximum Gasteiger partial charge on any atom is 0.128 e. The van der Waals surface area contributed by atoms with E-state index in [-0.39, 0.29) is 0 Å². The minimum Gasteiger partial charge on any atom is -0.0629 e. The van der Waals surface area contributed by atoms with Gasteiger partial charge in [-0.05, 0) is 35.5 Å². The molecule has 96 valence electrons. The highest BCUT2D eigenvalue weighted by Gasteiger charge is 2.56. The van der Waals surface area contributed by atoms with Gasteiger partial charge >= 0.3 is 0 Å². The average Bonchev–Trinajstić information content (AvgIpc) is 2.66. The first kappa shape index (κ1) is 12.1. The Morgan fingerprint density at radius 2 is 1.76 bits per heavy atom. The molecule has 4 saturated carbocycles. The molecule has 0 radical (unpaired) electrons. The normalized spacial score (nSPS) is 52.0. The SMILES string of the molecule is CC1CCCC1BC1C[C@H]2C[C@@H]([C@H]1C)C2(C)C. The Morgan fingerprint density at radius 1 is 1.00 bits per heavy atom.